The fourth-order valence-corrected chi connectivity index (χ4v) is 2.27. The van der Waals surface area contributed by atoms with Crippen LogP contribution in [0.5, 0.6) is 11.5 Å². The van der Waals surface area contributed by atoms with Gasteiger partial charge in [0.2, 0.25) is 0 Å². The SMILES string of the molecule is CCCNC(C)c1ccc(Oc2cccnc2)cc1Cl. The third-order valence-electron chi connectivity index (χ3n) is 3.01. The summed E-state index contributed by atoms with van der Waals surface area (Å²) in [5.74, 6) is 1.42. The molecule has 2 aromatic rings. The lowest BCUT2D eigenvalue weighted by molar-refractivity contribution is 0.479. The molecule has 0 radical (unpaired) electrons. The fourth-order valence-electron chi connectivity index (χ4n) is 1.94. The summed E-state index contributed by atoms with van der Waals surface area (Å²) in [6.07, 6.45) is 4.49. The van der Waals surface area contributed by atoms with Crippen LogP contribution in [-0.4, -0.2) is 11.5 Å². The Bertz CT molecular complexity index is 545. The highest BCUT2D eigenvalue weighted by molar-refractivity contribution is 6.31. The van der Waals surface area contributed by atoms with Crippen molar-refractivity contribution in [2.75, 3.05) is 6.54 Å². The Labute approximate surface area is 124 Å². The second kappa shape index (κ2) is 7.27. The van der Waals surface area contributed by atoms with Crippen LogP contribution in [-0.2, 0) is 0 Å². The van der Waals surface area contributed by atoms with Crippen LogP contribution in [0.15, 0.2) is 42.7 Å². The zero-order chi connectivity index (χ0) is 14.4. The van der Waals surface area contributed by atoms with Gasteiger partial charge in [-0.3, -0.25) is 4.98 Å². The largest absolute Gasteiger partial charge is 0.456 e. The van der Waals surface area contributed by atoms with Crippen molar-refractivity contribution in [3.8, 4) is 11.5 Å². The molecule has 0 aliphatic heterocycles. The summed E-state index contributed by atoms with van der Waals surface area (Å²) < 4.78 is 5.71. The van der Waals surface area contributed by atoms with E-state index in [1.807, 2.05) is 30.3 Å². The third-order valence-corrected chi connectivity index (χ3v) is 3.34. The van der Waals surface area contributed by atoms with Gasteiger partial charge in [0.25, 0.3) is 0 Å². The number of ether oxygens (including phenoxy) is 1. The van der Waals surface area contributed by atoms with Crippen molar-refractivity contribution >= 4 is 11.6 Å². The van der Waals surface area contributed by atoms with Gasteiger partial charge in [-0.05, 0) is 49.7 Å². The lowest BCUT2D eigenvalue weighted by atomic mass is 10.1. The van der Waals surface area contributed by atoms with Gasteiger partial charge in [-0.1, -0.05) is 24.6 Å². The molecule has 106 valence electrons. The zero-order valence-corrected chi connectivity index (χ0v) is 12.5. The summed E-state index contributed by atoms with van der Waals surface area (Å²) in [6, 6.07) is 9.70. The topological polar surface area (TPSA) is 34.1 Å². The number of nitrogens with zero attached hydrogens (tertiary/aromatic N) is 1. The van der Waals surface area contributed by atoms with E-state index in [2.05, 4.69) is 24.1 Å². The monoisotopic (exact) mass is 290 g/mol. The first-order valence-corrected chi connectivity index (χ1v) is 7.19. The highest BCUT2D eigenvalue weighted by atomic mass is 35.5. The maximum absolute atomic E-state index is 6.33. The van der Waals surface area contributed by atoms with E-state index in [1.165, 1.54) is 0 Å². The van der Waals surface area contributed by atoms with Crippen molar-refractivity contribution in [1.82, 2.24) is 10.3 Å². The van der Waals surface area contributed by atoms with Crippen LogP contribution in [0, 0.1) is 0 Å². The highest BCUT2D eigenvalue weighted by Gasteiger charge is 2.10. The minimum Gasteiger partial charge on any atom is -0.456 e. The number of halogens is 1. The van der Waals surface area contributed by atoms with Crippen LogP contribution in [0.1, 0.15) is 31.9 Å². The van der Waals surface area contributed by atoms with Crippen LogP contribution in [0.4, 0.5) is 0 Å². The van der Waals surface area contributed by atoms with E-state index >= 15 is 0 Å². The first kappa shape index (κ1) is 14.8. The van der Waals surface area contributed by atoms with Crippen LogP contribution in [0.2, 0.25) is 5.02 Å². The molecule has 1 aromatic carbocycles. The molecule has 3 nitrogen and oxygen atoms in total. The molecule has 1 unspecified atom stereocenters. The predicted molar refractivity (Wildman–Crippen MR) is 82.5 cm³/mol. The quantitative estimate of drug-likeness (QED) is 0.845. The number of aromatic nitrogens is 1. The molecule has 0 saturated heterocycles. The standard InChI is InChI=1S/C16H19ClN2O/c1-3-8-19-12(2)15-7-6-13(10-16(15)17)20-14-5-4-9-18-11-14/h4-7,9-12,19H,3,8H2,1-2H3. The van der Waals surface area contributed by atoms with Crippen LogP contribution in [0.25, 0.3) is 0 Å². The molecule has 1 atom stereocenters. The molecule has 4 heteroatoms. The molecule has 0 saturated carbocycles. The number of rotatable bonds is 6. The molecule has 0 fully saturated rings. The predicted octanol–water partition coefficient (Wildman–Crippen LogP) is 4.59. The average molecular weight is 291 g/mol. The second-order valence-electron chi connectivity index (χ2n) is 4.65. The summed E-state index contributed by atoms with van der Waals surface area (Å²) >= 11 is 6.33. The van der Waals surface area contributed by atoms with E-state index in [9.17, 15) is 0 Å². The minimum atomic E-state index is 0.231. The van der Waals surface area contributed by atoms with E-state index in [0.29, 0.717) is 10.8 Å². The van der Waals surface area contributed by atoms with Crippen molar-refractivity contribution in [3.63, 3.8) is 0 Å². The van der Waals surface area contributed by atoms with E-state index in [1.54, 1.807) is 12.4 Å². The van der Waals surface area contributed by atoms with Gasteiger partial charge in [-0.15, -0.1) is 0 Å². The normalized spacial score (nSPS) is 12.2. The summed E-state index contributed by atoms with van der Waals surface area (Å²) in [5.41, 5.74) is 1.08. The molecule has 0 amide bonds. The van der Waals surface area contributed by atoms with Crippen molar-refractivity contribution in [2.45, 2.75) is 26.3 Å². The Morgan fingerprint density at radius 3 is 2.80 bits per heavy atom. The van der Waals surface area contributed by atoms with Gasteiger partial charge in [0.1, 0.15) is 11.5 Å². The first-order chi connectivity index (χ1) is 9.70. The van der Waals surface area contributed by atoms with Gasteiger partial charge >= 0.3 is 0 Å². The van der Waals surface area contributed by atoms with Crippen molar-refractivity contribution < 1.29 is 4.74 Å². The first-order valence-electron chi connectivity index (χ1n) is 6.81. The zero-order valence-electron chi connectivity index (χ0n) is 11.8. The Morgan fingerprint density at radius 2 is 2.15 bits per heavy atom. The van der Waals surface area contributed by atoms with Gasteiger partial charge in [-0.25, -0.2) is 0 Å². The molecule has 0 bridgehead atoms. The summed E-state index contributed by atoms with van der Waals surface area (Å²) in [6.45, 7) is 5.23. The molecule has 0 spiro atoms. The van der Waals surface area contributed by atoms with E-state index < -0.39 is 0 Å². The van der Waals surface area contributed by atoms with Crippen LogP contribution < -0.4 is 10.1 Å². The average Bonchev–Trinajstić information content (AvgIpc) is 2.46. The number of nitrogens with one attached hydrogen (secondary N) is 1. The fraction of sp³-hybridized carbons (Fsp3) is 0.312. The van der Waals surface area contributed by atoms with Crippen molar-refractivity contribution in [2.24, 2.45) is 0 Å². The van der Waals surface area contributed by atoms with E-state index in [4.69, 9.17) is 16.3 Å². The number of hydrogen-bond donors (Lipinski definition) is 1. The summed E-state index contributed by atoms with van der Waals surface area (Å²) in [4.78, 5) is 4.01. The minimum absolute atomic E-state index is 0.231. The van der Waals surface area contributed by atoms with Gasteiger partial charge < -0.3 is 10.1 Å². The lowest BCUT2D eigenvalue weighted by Crippen LogP contribution is -2.19. The van der Waals surface area contributed by atoms with Gasteiger partial charge in [-0.2, -0.15) is 0 Å². The number of hydrogen-bond acceptors (Lipinski definition) is 3. The Hall–Kier alpha value is -1.58. The highest BCUT2D eigenvalue weighted by Crippen LogP contribution is 2.29. The van der Waals surface area contributed by atoms with Crippen LogP contribution >= 0.6 is 11.6 Å². The number of pyridine rings is 1. The molecule has 1 heterocycles. The Kier molecular flexibility index (Phi) is 5.39. The van der Waals surface area contributed by atoms with E-state index in [0.717, 1.165) is 24.3 Å². The molecule has 0 aliphatic carbocycles. The van der Waals surface area contributed by atoms with Gasteiger partial charge in [0.05, 0.1) is 6.20 Å². The van der Waals surface area contributed by atoms with E-state index in [-0.39, 0.29) is 6.04 Å². The van der Waals surface area contributed by atoms with Crippen molar-refractivity contribution in [1.29, 1.82) is 0 Å². The van der Waals surface area contributed by atoms with Crippen molar-refractivity contribution in [3.05, 3.63) is 53.3 Å². The molecular weight excluding hydrogens is 272 g/mol. The van der Waals surface area contributed by atoms with Gasteiger partial charge in [0.15, 0.2) is 0 Å². The van der Waals surface area contributed by atoms with Crippen LogP contribution in [0.3, 0.4) is 0 Å². The maximum atomic E-state index is 6.33. The Morgan fingerprint density at radius 1 is 1.30 bits per heavy atom. The number of benzene rings is 1. The summed E-state index contributed by atoms with van der Waals surface area (Å²) in [7, 11) is 0. The third kappa shape index (κ3) is 3.95. The molecule has 0 aliphatic rings. The Balaban J connectivity index is 2.09. The van der Waals surface area contributed by atoms with Gasteiger partial charge in [0, 0.05) is 17.3 Å². The lowest BCUT2D eigenvalue weighted by Gasteiger charge is -2.16. The molecule has 1 N–H and O–H groups in total. The molecule has 1 aromatic heterocycles. The second-order valence-corrected chi connectivity index (χ2v) is 5.06. The smallest absolute Gasteiger partial charge is 0.145 e. The summed E-state index contributed by atoms with van der Waals surface area (Å²) in [5, 5.41) is 4.13. The molecule has 2 rings (SSSR count). The molecular formula is C16H19ClN2O. The molecule has 20 heavy (non-hydrogen) atoms. The maximum Gasteiger partial charge on any atom is 0.145 e.